The minimum atomic E-state index is -0.809. The number of carbonyl (C=O) groups excluding carboxylic acids is 3. The summed E-state index contributed by atoms with van der Waals surface area (Å²) in [5.74, 6) is -1.04. The standard InChI is InChI=1S/C11H15BrO6S/c1-5(13)16-8-4-19-11(12)10(18-7(3)15)9(8)17-6(2)14/h8-11H,4H2,1-3H3/t8-,9+,10-,11+/m0/s1. The second-order valence-corrected chi connectivity index (χ2v) is 6.75. The number of ether oxygens (including phenoxy) is 3. The first-order valence-electron chi connectivity index (χ1n) is 5.58. The van der Waals surface area contributed by atoms with Crippen LogP contribution in [0, 0.1) is 0 Å². The molecule has 0 N–H and O–H groups in total. The molecule has 0 aromatic heterocycles. The van der Waals surface area contributed by atoms with Gasteiger partial charge in [0.1, 0.15) is 4.16 Å². The van der Waals surface area contributed by atoms with Crippen molar-refractivity contribution in [3.8, 4) is 0 Å². The third kappa shape index (κ3) is 5.02. The molecule has 4 atom stereocenters. The maximum Gasteiger partial charge on any atom is 0.303 e. The highest BCUT2D eigenvalue weighted by molar-refractivity contribution is 9.11. The summed E-state index contributed by atoms with van der Waals surface area (Å²) in [6.45, 7) is 3.79. The van der Waals surface area contributed by atoms with Gasteiger partial charge in [-0.05, 0) is 0 Å². The van der Waals surface area contributed by atoms with Crippen LogP contribution in [-0.4, -0.2) is 46.1 Å². The van der Waals surface area contributed by atoms with Crippen molar-refractivity contribution in [1.82, 2.24) is 0 Å². The van der Waals surface area contributed by atoms with Gasteiger partial charge in [-0.1, -0.05) is 15.9 Å². The Kier molecular flexibility index (Phi) is 6.12. The molecule has 0 bridgehead atoms. The topological polar surface area (TPSA) is 78.9 Å². The minimum Gasteiger partial charge on any atom is -0.458 e. The molecule has 0 unspecified atom stereocenters. The van der Waals surface area contributed by atoms with Gasteiger partial charge in [0.05, 0.1) is 0 Å². The van der Waals surface area contributed by atoms with Gasteiger partial charge in [-0.25, -0.2) is 0 Å². The lowest BCUT2D eigenvalue weighted by atomic mass is 10.1. The van der Waals surface area contributed by atoms with E-state index in [1.807, 2.05) is 0 Å². The first kappa shape index (κ1) is 16.3. The number of hydrogen-bond donors (Lipinski definition) is 0. The first-order valence-corrected chi connectivity index (χ1v) is 7.55. The third-order valence-electron chi connectivity index (χ3n) is 2.29. The molecular formula is C11H15BrO6S. The van der Waals surface area contributed by atoms with E-state index in [4.69, 9.17) is 14.2 Å². The van der Waals surface area contributed by atoms with Crippen LogP contribution in [-0.2, 0) is 28.6 Å². The Labute approximate surface area is 123 Å². The van der Waals surface area contributed by atoms with Crippen LogP contribution in [0.1, 0.15) is 20.8 Å². The van der Waals surface area contributed by atoms with Crippen molar-refractivity contribution >= 4 is 45.6 Å². The van der Waals surface area contributed by atoms with E-state index in [1.54, 1.807) is 0 Å². The van der Waals surface area contributed by atoms with Gasteiger partial charge in [-0.3, -0.25) is 14.4 Å². The van der Waals surface area contributed by atoms with Crippen molar-refractivity contribution in [3.63, 3.8) is 0 Å². The molecule has 0 aromatic rings. The smallest absolute Gasteiger partial charge is 0.303 e. The van der Waals surface area contributed by atoms with Gasteiger partial charge in [0.2, 0.25) is 0 Å². The number of halogens is 1. The summed E-state index contributed by atoms with van der Waals surface area (Å²) >= 11 is 4.78. The predicted octanol–water partition coefficient (Wildman–Crippen LogP) is 1.25. The number of alkyl halides is 1. The highest BCUT2D eigenvalue weighted by atomic mass is 79.9. The van der Waals surface area contributed by atoms with Crippen LogP contribution in [0.3, 0.4) is 0 Å². The summed E-state index contributed by atoms with van der Waals surface area (Å²) in [6, 6.07) is 0. The van der Waals surface area contributed by atoms with Gasteiger partial charge in [0.15, 0.2) is 18.3 Å². The molecule has 19 heavy (non-hydrogen) atoms. The molecule has 1 aliphatic rings. The second kappa shape index (κ2) is 7.14. The summed E-state index contributed by atoms with van der Waals surface area (Å²) < 4.78 is 15.2. The molecule has 0 amide bonds. The van der Waals surface area contributed by atoms with E-state index in [2.05, 4.69) is 15.9 Å². The Morgan fingerprint density at radius 2 is 1.42 bits per heavy atom. The molecule has 0 aromatic carbocycles. The molecule has 1 fully saturated rings. The molecule has 1 rings (SSSR count). The quantitative estimate of drug-likeness (QED) is 0.428. The van der Waals surface area contributed by atoms with E-state index >= 15 is 0 Å². The summed E-state index contributed by atoms with van der Waals surface area (Å²) in [6.07, 6.45) is -2.15. The average Bonchev–Trinajstić information content (AvgIpc) is 2.25. The van der Waals surface area contributed by atoms with Crippen LogP contribution in [0.25, 0.3) is 0 Å². The van der Waals surface area contributed by atoms with Gasteiger partial charge < -0.3 is 14.2 Å². The zero-order chi connectivity index (χ0) is 14.6. The Morgan fingerprint density at radius 3 is 1.89 bits per heavy atom. The molecule has 0 spiro atoms. The number of thioether (sulfide) groups is 1. The Balaban J connectivity index is 2.89. The summed E-state index contributed by atoms with van der Waals surface area (Å²) in [7, 11) is 0. The van der Waals surface area contributed by atoms with Crippen molar-refractivity contribution in [2.45, 2.75) is 43.2 Å². The normalized spacial score (nSPS) is 30.3. The van der Waals surface area contributed by atoms with Crippen LogP contribution >= 0.6 is 27.7 Å². The van der Waals surface area contributed by atoms with Gasteiger partial charge >= 0.3 is 17.9 Å². The van der Waals surface area contributed by atoms with Gasteiger partial charge in [-0.2, -0.15) is 0 Å². The molecule has 6 nitrogen and oxygen atoms in total. The second-order valence-electron chi connectivity index (χ2n) is 3.98. The van der Waals surface area contributed by atoms with E-state index in [0.29, 0.717) is 5.75 Å². The van der Waals surface area contributed by atoms with Crippen molar-refractivity contribution in [3.05, 3.63) is 0 Å². The Bertz CT molecular complexity index is 374. The van der Waals surface area contributed by atoms with Gasteiger partial charge in [0, 0.05) is 26.5 Å². The molecule has 1 saturated heterocycles. The first-order chi connectivity index (χ1) is 8.81. The average molecular weight is 355 g/mol. The van der Waals surface area contributed by atoms with Crippen molar-refractivity contribution in [1.29, 1.82) is 0 Å². The van der Waals surface area contributed by atoms with Crippen LogP contribution in [0.4, 0.5) is 0 Å². The van der Waals surface area contributed by atoms with Crippen molar-refractivity contribution in [2.24, 2.45) is 0 Å². The fourth-order valence-electron chi connectivity index (χ4n) is 1.70. The zero-order valence-electron chi connectivity index (χ0n) is 10.8. The number of carbonyl (C=O) groups is 3. The summed E-state index contributed by atoms with van der Waals surface area (Å²) in [5, 5.41) is 0. The Hall–Kier alpha value is -0.760. The SMILES string of the molecule is CC(=O)O[C@H]1[C@H](OC(C)=O)[C@H](Br)SC[C@@H]1OC(C)=O. The molecule has 0 radical (unpaired) electrons. The predicted molar refractivity (Wildman–Crippen MR) is 71.8 cm³/mol. The Morgan fingerprint density at radius 1 is 0.947 bits per heavy atom. The minimum absolute atomic E-state index is 0.229. The van der Waals surface area contributed by atoms with Crippen LogP contribution in [0.5, 0.6) is 0 Å². The lowest BCUT2D eigenvalue weighted by Crippen LogP contribution is -2.52. The molecule has 1 aliphatic heterocycles. The molecular weight excluding hydrogens is 340 g/mol. The lowest BCUT2D eigenvalue weighted by molar-refractivity contribution is -0.180. The fraction of sp³-hybridized carbons (Fsp3) is 0.727. The molecule has 8 heteroatoms. The monoisotopic (exact) mass is 354 g/mol. The third-order valence-corrected chi connectivity index (χ3v) is 4.71. The summed E-state index contributed by atoms with van der Waals surface area (Å²) in [4.78, 5) is 33.3. The zero-order valence-corrected chi connectivity index (χ0v) is 13.2. The highest BCUT2D eigenvalue weighted by Gasteiger charge is 2.45. The van der Waals surface area contributed by atoms with E-state index in [-0.39, 0.29) is 4.16 Å². The fourth-order valence-corrected chi connectivity index (χ4v) is 3.60. The molecule has 108 valence electrons. The maximum absolute atomic E-state index is 11.2. The van der Waals surface area contributed by atoms with Crippen molar-refractivity contribution < 1.29 is 28.6 Å². The van der Waals surface area contributed by atoms with E-state index < -0.39 is 36.2 Å². The van der Waals surface area contributed by atoms with Crippen LogP contribution < -0.4 is 0 Å². The van der Waals surface area contributed by atoms with Crippen molar-refractivity contribution in [2.75, 3.05) is 5.75 Å². The number of hydrogen-bond acceptors (Lipinski definition) is 7. The molecule has 1 heterocycles. The maximum atomic E-state index is 11.2. The van der Waals surface area contributed by atoms with Crippen LogP contribution in [0.15, 0.2) is 0 Å². The molecule has 0 aliphatic carbocycles. The lowest BCUT2D eigenvalue weighted by Gasteiger charge is -2.38. The number of rotatable bonds is 3. The van der Waals surface area contributed by atoms with E-state index in [1.165, 1.54) is 32.5 Å². The molecule has 0 saturated carbocycles. The van der Waals surface area contributed by atoms with E-state index in [0.717, 1.165) is 0 Å². The van der Waals surface area contributed by atoms with Gasteiger partial charge in [-0.15, -0.1) is 11.8 Å². The summed E-state index contributed by atoms with van der Waals surface area (Å²) in [5.41, 5.74) is 0. The highest BCUT2D eigenvalue weighted by Crippen LogP contribution is 2.35. The largest absolute Gasteiger partial charge is 0.458 e. The van der Waals surface area contributed by atoms with Crippen LogP contribution in [0.2, 0.25) is 0 Å². The number of esters is 3. The van der Waals surface area contributed by atoms with E-state index in [9.17, 15) is 14.4 Å². The van der Waals surface area contributed by atoms with Gasteiger partial charge in [0.25, 0.3) is 0 Å².